The van der Waals surface area contributed by atoms with Gasteiger partial charge in [0.25, 0.3) is 0 Å². The number of unbranched alkanes of at least 4 members (excludes halogenated alkanes) is 57. The number of aliphatic hydroxyl groups excluding tert-OH is 2. The van der Waals surface area contributed by atoms with Crippen molar-refractivity contribution in [1.82, 2.24) is 5.32 Å². The van der Waals surface area contributed by atoms with Crippen LogP contribution in [0.4, 0.5) is 0 Å². The van der Waals surface area contributed by atoms with E-state index in [1.165, 1.54) is 353 Å². The van der Waals surface area contributed by atoms with Crippen LogP contribution >= 0.6 is 0 Å². The molecule has 0 aliphatic rings. The molecule has 0 aliphatic heterocycles. The average Bonchev–Trinajstić information content (AvgIpc) is 3.47. The number of amides is 1. The second-order valence-corrected chi connectivity index (χ2v) is 25.6. The van der Waals surface area contributed by atoms with Crippen LogP contribution in [0.1, 0.15) is 418 Å². The average molecular weight is 1140 g/mol. The van der Waals surface area contributed by atoms with E-state index >= 15 is 0 Å². The first-order valence-electron chi connectivity index (χ1n) is 37.1. The molecule has 0 radical (unpaired) electrons. The van der Waals surface area contributed by atoms with Gasteiger partial charge in [-0.15, -0.1) is 0 Å². The lowest BCUT2D eigenvalue weighted by atomic mass is 10.0. The van der Waals surface area contributed by atoms with Gasteiger partial charge in [-0.2, -0.15) is 0 Å². The molecule has 0 saturated heterocycles. The topological polar surface area (TPSA) is 95.9 Å². The zero-order chi connectivity index (χ0) is 58.5. The lowest BCUT2D eigenvalue weighted by Crippen LogP contribution is -2.45. The first-order valence-corrected chi connectivity index (χ1v) is 37.1. The van der Waals surface area contributed by atoms with Crippen molar-refractivity contribution >= 4 is 11.9 Å². The Hall–Kier alpha value is -1.66. The molecule has 2 unspecified atom stereocenters. The summed E-state index contributed by atoms with van der Waals surface area (Å²) in [5.74, 6) is -0.0451. The minimum absolute atomic E-state index is 0.0196. The van der Waals surface area contributed by atoms with Gasteiger partial charge in [-0.3, -0.25) is 9.59 Å². The van der Waals surface area contributed by atoms with Crippen LogP contribution in [0.2, 0.25) is 0 Å². The summed E-state index contributed by atoms with van der Waals surface area (Å²) in [5, 5.41) is 23.2. The van der Waals surface area contributed by atoms with Crippen molar-refractivity contribution in [2.45, 2.75) is 431 Å². The number of allylic oxidation sites excluding steroid dienone is 3. The van der Waals surface area contributed by atoms with Crippen molar-refractivity contribution in [1.29, 1.82) is 0 Å². The molecule has 480 valence electrons. The van der Waals surface area contributed by atoms with E-state index in [1.807, 2.05) is 6.08 Å². The molecule has 0 aromatic rings. The lowest BCUT2D eigenvalue weighted by molar-refractivity contribution is -0.143. The van der Waals surface area contributed by atoms with Crippen molar-refractivity contribution in [2.75, 3.05) is 13.2 Å². The molecule has 0 heterocycles. The van der Waals surface area contributed by atoms with Gasteiger partial charge in [0.1, 0.15) is 0 Å². The van der Waals surface area contributed by atoms with E-state index < -0.39 is 12.1 Å². The fourth-order valence-electron chi connectivity index (χ4n) is 11.8. The number of carbonyl (C=O) groups is 2. The van der Waals surface area contributed by atoms with Crippen LogP contribution in [0.5, 0.6) is 0 Å². The largest absolute Gasteiger partial charge is 0.466 e. The summed E-state index contributed by atoms with van der Waals surface area (Å²) in [7, 11) is 0. The van der Waals surface area contributed by atoms with Crippen molar-refractivity contribution in [3.63, 3.8) is 0 Å². The monoisotopic (exact) mass is 1140 g/mol. The fourth-order valence-corrected chi connectivity index (χ4v) is 11.8. The molecule has 0 aliphatic carbocycles. The summed E-state index contributed by atoms with van der Waals surface area (Å²) in [6.07, 6.45) is 89.8. The fraction of sp³-hybridized carbons (Fsp3) is 0.920. The van der Waals surface area contributed by atoms with Crippen LogP contribution in [-0.2, 0) is 14.3 Å². The maximum absolute atomic E-state index is 12.5. The molecule has 6 nitrogen and oxygen atoms in total. The van der Waals surface area contributed by atoms with Gasteiger partial charge in [-0.1, -0.05) is 372 Å². The van der Waals surface area contributed by atoms with E-state index in [1.54, 1.807) is 6.08 Å². The molecule has 0 aromatic heterocycles. The molecule has 0 saturated carbocycles. The number of aliphatic hydroxyl groups is 2. The quantitative estimate of drug-likeness (QED) is 0.0320. The molecule has 0 spiro atoms. The molecular weight excluding hydrogens is 995 g/mol. The molecule has 81 heavy (non-hydrogen) atoms. The summed E-state index contributed by atoms with van der Waals surface area (Å²) in [4.78, 5) is 24.6. The Morgan fingerprint density at radius 1 is 0.333 bits per heavy atom. The molecule has 6 heteroatoms. The van der Waals surface area contributed by atoms with Gasteiger partial charge in [0.2, 0.25) is 5.91 Å². The van der Waals surface area contributed by atoms with Crippen molar-refractivity contribution in [3.8, 4) is 0 Å². The van der Waals surface area contributed by atoms with Crippen molar-refractivity contribution in [2.24, 2.45) is 0 Å². The maximum atomic E-state index is 12.5. The Balaban J connectivity index is 3.39. The van der Waals surface area contributed by atoms with Crippen LogP contribution in [0.15, 0.2) is 24.3 Å². The lowest BCUT2D eigenvalue weighted by Gasteiger charge is -2.20. The third-order valence-electron chi connectivity index (χ3n) is 17.5. The normalized spacial score (nSPS) is 12.6. The minimum Gasteiger partial charge on any atom is -0.466 e. The molecule has 3 N–H and O–H groups in total. The van der Waals surface area contributed by atoms with E-state index in [4.69, 9.17) is 4.74 Å². The van der Waals surface area contributed by atoms with Crippen molar-refractivity contribution in [3.05, 3.63) is 24.3 Å². The van der Waals surface area contributed by atoms with Gasteiger partial charge < -0.3 is 20.3 Å². The van der Waals surface area contributed by atoms with Crippen LogP contribution in [-0.4, -0.2) is 47.4 Å². The number of nitrogens with one attached hydrogen (secondary N) is 1. The molecule has 0 bridgehead atoms. The Morgan fingerprint density at radius 2 is 0.580 bits per heavy atom. The zero-order valence-electron chi connectivity index (χ0n) is 55.0. The zero-order valence-corrected chi connectivity index (χ0v) is 55.0. The second-order valence-electron chi connectivity index (χ2n) is 25.6. The Bertz CT molecular complexity index is 1270. The number of ether oxygens (including phenoxy) is 1. The number of hydrogen-bond donors (Lipinski definition) is 3. The highest BCUT2D eigenvalue weighted by Crippen LogP contribution is 2.19. The first kappa shape index (κ1) is 79.3. The predicted octanol–water partition coefficient (Wildman–Crippen LogP) is 24.1. The van der Waals surface area contributed by atoms with E-state index in [2.05, 4.69) is 31.3 Å². The molecule has 0 rings (SSSR count). The smallest absolute Gasteiger partial charge is 0.305 e. The van der Waals surface area contributed by atoms with E-state index in [0.29, 0.717) is 19.4 Å². The second kappa shape index (κ2) is 70.8. The number of rotatable bonds is 70. The molecule has 0 aromatic carbocycles. The minimum atomic E-state index is -0.846. The highest BCUT2D eigenvalue weighted by atomic mass is 16.5. The van der Waals surface area contributed by atoms with E-state index in [-0.39, 0.29) is 18.5 Å². The third kappa shape index (κ3) is 67.3. The summed E-state index contributed by atoms with van der Waals surface area (Å²) >= 11 is 0. The maximum Gasteiger partial charge on any atom is 0.305 e. The highest BCUT2D eigenvalue weighted by molar-refractivity contribution is 5.76. The molecule has 2 atom stereocenters. The first-order chi connectivity index (χ1) is 40.0. The Labute approximate surface area is 507 Å². The molecular formula is C75H145NO5. The van der Waals surface area contributed by atoms with Gasteiger partial charge in [0.05, 0.1) is 25.4 Å². The predicted molar refractivity (Wildman–Crippen MR) is 356 cm³/mol. The standard InChI is InChI=1S/C75H145NO5/c1-3-5-7-9-11-13-15-17-19-21-22-32-36-39-43-47-51-55-59-63-67-73(78)72(71-77)76-74(79)68-64-60-56-52-48-44-40-37-33-30-28-26-24-23-25-27-29-31-34-38-42-46-50-54-58-62-66-70-81-75(80)69-65-61-57-53-49-45-41-35-20-18-16-14-12-10-8-6-4-2/h23-24,63,67,72-73,77-78H,3-22,25-62,64-66,68-71H2,1-2H3,(H,76,79)/b24-23-,67-63+. The highest BCUT2D eigenvalue weighted by Gasteiger charge is 2.18. The summed E-state index contributed by atoms with van der Waals surface area (Å²) in [5.41, 5.74) is 0. The van der Waals surface area contributed by atoms with E-state index in [9.17, 15) is 19.8 Å². The van der Waals surface area contributed by atoms with Crippen LogP contribution in [0.25, 0.3) is 0 Å². The third-order valence-corrected chi connectivity index (χ3v) is 17.5. The SMILES string of the molecule is CCCCCCCCCCCCCCCCCCCC/C=C/C(O)C(CO)NC(=O)CCCCCCCCCCCCC/C=C\CCCCCCCCCCCCCCOC(=O)CCCCCCCCCCCCCCCCCCC. The summed E-state index contributed by atoms with van der Waals surface area (Å²) in [6.45, 7) is 4.95. The van der Waals surface area contributed by atoms with Crippen LogP contribution in [0.3, 0.4) is 0 Å². The number of esters is 1. The number of hydrogen-bond acceptors (Lipinski definition) is 5. The molecule has 1 amide bonds. The molecule has 0 fully saturated rings. The Morgan fingerprint density at radius 3 is 0.877 bits per heavy atom. The van der Waals surface area contributed by atoms with Gasteiger partial charge in [0, 0.05) is 12.8 Å². The van der Waals surface area contributed by atoms with Crippen LogP contribution < -0.4 is 5.32 Å². The summed E-state index contributed by atoms with van der Waals surface area (Å²) in [6, 6.07) is -0.629. The van der Waals surface area contributed by atoms with Crippen molar-refractivity contribution < 1.29 is 24.5 Å². The Kier molecular flexibility index (Phi) is 69.4. The van der Waals surface area contributed by atoms with Gasteiger partial charge in [-0.05, 0) is 57.8 Å². The summed E-state index contributed by atoms with van der Waals surface area (Å²) < 4.78 is 5.51. The van der Waals surface area contributed by atoms with Crippen LogP contribution in [0, 0.1) is 0 Å². The van der Waals surface area contributed by atoms with Gasteiger partial charge >= 0.3 is 5.97 Å². The van der Waals surface area contributed by atoms with Gasteiger partial charge in [-0.25, -0.2) is 0 Å². The van der Waals surface area contributed by atoms with E-state index in [0.717, 1.165) is 38.5 Å². The number of carbonyl (C=O) groups excluding carboxylic acids is 2. The van der Waals surface area contributed by atoms with Gasteiger partial charge in [0.15, 0.2) is 0 Å².